The summed E-state index contributed by atoms with van der Waals surface area (Å²) in [5, 5.41) is 12.4. The monoisotopic (exact) mass is 472 g/mol. The van der Waals surface area contributed by atoms with Crippen LogP contribution in [0.25, 0.3) is 0 Å². The molecule has 5 aliphatic rings. The quantitative estimate of drug-likeness (QED) is 0.358. The van der Waals surface area contributed by atoms with Gasteiger partial charge in [-0.2, -0.15) is 0 Å². The largest absolute Gasteiger partial charge is 0.467 e. The third-order valence-corrected chi connectivity index (χ3v) is 8.79. The number of aliphatic hydroxyl groups is 1. The molecule has 7 atom stereocenters. The number of carbonyl (C=O) groups is 3. The van der Waals surface area contributed by atoms with Gasteiger partial charge >= 0.3 is 11.9 Å². The number of hydrogen-bond donors (Lipinski definition) is 1. The van der Waals surface area contributed by atoms with Gasteiger partial charge in [-0.1, -0.05) is 25.2 Å². The summed E-state index contributed by atoms with van der Waals surface area (Å²) in [6.45, 7) is 4.68. The molecule has 3 fully saturated rings. The number of methoxy groups -OCH3 is 2. The van der Waals surface area contributed by atoms with Crippen LogP contribution in [0.1, 0.15) is 33.1 Å². The second kappa shape index (κ2) is 7.76. The second-order valence-corrected chi connectivity index (χ2v) is 9.96. The van der Waals surface area contributed by atoms with E-state index in [-0.39, 0.29) is 12.1 Å². The molecule has 1 amide bonds. The lowest BCUT2D eigenvalue weighted by Crippen LogP contribution is -2.79. The van der Waals surface area contributed by atoms with Crippen LogP contribution in [0.5, 0.6) is 0 Å². The summed E-state index contributed by atoms with van der Waals surface area (Å²) in [4.78, 5) is 42.3. The van der Waals surface area contributed by atoms with E-state index in [1.807, 2.05) is 25.2 Å². The highest BCUT2D eigenvalue weighted by Gasteiger charge is 2.81. The third-order valence-electron chi connectivity index (χ3n) is 8.79. The molecule has 0 radical (unpaired) electrons. The fourth-order valence-corrected chi connectivity index (χ4v) is 7.78. The summed E-state index contributed by atoms with van der Waals surface area (Å²) in [5.41, 5.74) is -2.30. The average Bonchev–Trinajstić information content (AvgIpc) is 3.37. The number of nitrogens with zero attached hydrogens (tertiary/aromatic N) is 2. The molecule has 1 spiro atoms. The van der Waals surface area contributed by atoms with Crippen molar-refractivity contribution >= 4 is 18.3 Å². The number of esters is 2. The van der Waals surface area contributed by atoms with E-state index in [2.05, 4.69) is 11.0 Å². The van der Waals surface area contributed by atoms with E-state index in [0.717, 1.165) is 12.1 Å². The molecule has 3 heterocycles. The Hall–Kier alpha value is -2.49. The molecule has 0 aromatic rings. The predicted molar refractivity (Wildman–Crippen MR) is 120 cm³/mol. The third kappa shape index (κ3) is 2.58. The smallest absolute Gasteiger partial charge is 0.344 e. The topological polar surface area (TPSA) is 106 Å². The van der Waals surface area contributed by atoms with Crippen LogP contribution in [0.3, 0.4) is 0 Å². The predicted octanol–water partition coefficient (Wildman–Crippen LogP) is 0.932. The number of likely N-dealkylation sites (tertiary alicyclic amines) is 1. The molecule has 1 saturated carbocycles. The van der Waals surface area contributed by atoms with Crippen molar-refractivity contribution < 1.29 is 33.7 Å². The van der Waals surface area contributed by atoms with Crippen LogP contribution in [0.4, 0.5) is 0 Å². The lowest BCUT2D eigenvalue weighted by Gasteiger charge is -2.63. The van der Waals surface area contributed by atoms with Gasteiger partial charge in [0.15, 0.2) is 6.10 Å². The molecule has 2 saturated heterocycles. The van der Waals surface area contributed by atoms with E-state index in [1.165, 1.54) is 18.9 Å². The molecular formula is C25H32N2O7. The van der Waals surface area contributed by atoms with Crippen molar-refractivity contribution in [3.05, 3.63) is 35.6 Å². The minimum atomic E-state index is -2.28. The summed E-state index contributed by atoms with van der Waals surface area (Å²) in [5.74, 6) is -1.52. The van der Waals surface area contributed by atoms with Crippen molar-refractivity contribution in [1.82, 2.24) is 9.80 Å². The highest BCUT2D eigenvalue weighted by atomic mass is 16.6. The Morgan fingerprint density at radius 1 is 1.29 bits per heavy atom. The number of allylic oxidation sites excluding steroid dienone is 1. The number of fused-ring (bicyclic) bond motifs is 1. The Morgan fingerprint density at radius 3 is 2.68 bits per heavy atom. The maximum Gasteiger partial charge on any atom is 0.344 e. The minimum absolute atomic E-state index is 0.187. The number of rotatable bonds is 5. The van der Waals surface area contributed by atoms with Crippen molar-refractivity contribution in [3.8, 4) is 0 Å². The molecule has 3 aliphatic heterocycles. The van der Waals surface area contributed by atoms with Crippen molar-refractivity contribution in [2.24, 2.45) is 10.8 Å². The van der Waals surface area contributed by atoms with Gasteiger partial charge in [0, 0.05) is 43.1 Å². The molecule has 2 aliphatic carbocycles. The minimum Gasteiger partial charge on any atom is -0.467 e. The zero-order valence-corrected chi connectivity index (χ0v) is 20.0. The molecule has 184 valence electrons. The molecule has 0 bridgehead atoms. The molecule has 9 nitrogen and oxygen atoms in total. The van der Waals surface area contributed by atoms with E-state index in [0.29, 0.717) is 37.9 Å². The SMILES string of the molecule is CC[C@]12C=CCN3CC[C@@]4(C5=CCC(OC)C=C5N(C=O)[C@H]4[C@@](O)(C(=O)OC)[C@@H]1OC(C)=O)[C@@H]32. The molecule has 1 N–H and O–H groups in total. The molecule has 34 heavy (non-hydrogen) atoms. The fraction of sp³-hybridized carbons (Fsp3) is 0.640. The van der Waals surface area contributed by atoms with E-state index >= 15 is 0 Å². The summed E-state index contributed by atoms with van der Waals surface area (Å²) in [7, 11) is 2.81. The van der Waals surface area contributed by atoms with Gasteiger partial charge in [-0.3, -0.25) is 14.5 Å². The van der Waals surface area contributed by atoms with Gasteiger partial charge in [-0.05, 0) is 37.5 Å². The van der Waals surface area contributed by atoms with Gasteiger partial charge < -0.3 is 24.2 Å². The Kier molecular flexibility index (Phi) is 5.31. The van der Waals surface area contributed by atoms with Crippen LogP contribution in [-0.4, -0.2) is 90.5 Å². The molecule has 0 aromatic heterocycles. The number of hydrogen-bond acceptors (Lipinski definition) is 8. The van der Waals surface area contributed by atoms with Gasteiger partial charge in [-0.15, -0.1) is 0 Å². The van der Waals surface area contributed by atoms with Crippen LogP contribution >= 0.6 is 0 Å². The lowest BCUT2D eigenvalue weighted by molar-refractivity contribution is -0.242. The van der Waals surface area contributed by atoms with Crippen LogP contribution in [0, 0.1) is 10.8 Å². The zero-order valence-electron chi connectivity index (χ0n) is 20.0. The van der Waals surface area contributed by atoms with Gasteiger partial charge in [0.05, 0.1) is 19.3 Å². The van der Waals surface area contributed by atoms with Gasteiger partial charge in [0.1, 0.15) is 0 Å². The first-order valence-corrected chi connectivity index (χ1v) is 11.8. The number of carbonyl (C=O) groups excluding carboxylic acids is 3. The van der Waals surface area contributed by atoms with E-state index in [9.17, 15) is 19.5 Å². The summed E-state index contributed by atoms with van der Waals surface area (Å²) in [6.07, 6.45) is 8.99. The van der Waals surface area contributed by atoms with Gasteiger partial charge in [0.25, 0.3) is 0 Å². The Morgan fingerprint density at radius 2 is 2.06 bits per heavy atom. The highest BCUT2D eigenvalue weighted by Crippen LogP contribution is 2.69. The van der Waals surface area contributed by atoms with Gasteiger partial charge in [-0.25, -0.2) is 4.79 Å². The van der Waals surface area contributed by atoms with Crippen LogP contribution < -0.4 is 0 Å². The molecule has 0 aromatic carbocycles. The molecule has 9 heteroatoms. The molecule has 5 rings (SSSR count). The Labute approximate surface area is 199 Å². The Balaban J connectivity index is 1.86. The second-order valence-electron chi connectivity index (χ2n) is 9.96. The van der Waals surface area contributed by atoms with Gasteiger partial charge in [0.2, 0.25) is 12.0 Å². The van der Waals surface area contributed by atoms with Crippen LogP contribution in [-0.2, 0) is 28.6 Å². The number of amides is 1. The normalized spacial score (nSPS) is 42.2. The Bertz CT molecular complexity index is 1020. The van der Waals surface area contributed by atoms with E-state index < -0.39 is 40.5 Å². The maximum absolute atomic E-state index is 13.5. The first-order chi connectivity index (χ1) is 16.3. The maximum atomic E-state index is 13.5. The first-order valence-electron chi connectivity index (χ1n) is 11.8. The molecule has 1 unspecified atom stereocenters. The summed E-state index contributed by atoms with van der Waals surface area (Å²) in [6, 6.07) is -1.18. The average molecular weight is 473 g/mol. The first kappa shape index (κ1) is 23.3. The lowest BCUT2D eigenvalue weighted by atomic mass is 9.47. The van der Waals surface area contributed by atoms with Crippen LogP contribution in [0.2, 0.25) is 0 Å². The van der Waals surface area contributed by atoms with E-state index in [4.69, 9.17) is 14.2 Å². The zero-order chi connectivity index (χ0) is 24.5. The number of ether oxygens (including phenoxy) is 3. The van der Waals surface area contributed by atoms with Crippen molar-refractivity contribution in [2.75, 3.05) is 27.3 Å². The van der Waals surface area contributed by atoms with Crippen molar-refractivity contribution in [3.63, 3.8) is 0 Å². The summed E-state index contributed by atoms with van der Waals surface area (Å²) >= 11 is 0. The van der Waals surface area contributed by atoms with Crippen molar-refractivity contribution in [2.45, 2.75) is 63.0 Å². The van der Waals surface area contributed by atoms with Crippen molar-refractivity contribution in [1.29, 1.82) is 0 Å². The fourth-order valence-electron chi connectivity index (χ4n) is 7.78. The standard InChI is InChI=1S/C25H32N2O7/c1-5-23-9-6-11-26-12-10-24(19(23)26)17-8-7-16(32-3)13-18(17)27(14-28)20(24)25(31,22(30)33-4)21(23)34-15(2)29/h6,8-9,13-14,16,19-21,31H,5,7,10-12H2,1-4H3/t16?,19-,20+,21+,23+,24+,25-/m0/s1. The summed E-state index contributed by atoms with van der Waals surface area (Å²) < 4.78 is 16.5. The molecular weight excluding hydrogens is 440 g/mol. The van der Waals surface area contributed by atoms with E-state index in [1.54, 1.807) is 7.11 Å². The van der Waals surface area contributed by atoms with Crippen LogP contribution in [0.15, 0.2) is 35.6 Å². The highest BCUT2D eigenvalue weighted by molar-refractivity contribution is 5.85.